The number of imidazole rings is 1. The van der Waals surface area contributed by atoms with Crippen LogP contribution < -0.4 is 15.8 Å². The zero-order valence-corrected chi connectivity index (χ0v) is 16.2. The Hall–Kier alpha value is -3.80. The Labute approximate surface area is 169 Å². The van der Waals surface area contributed by atoms with E-state index in [-0.39, 0.29) is 0 Å². The molecule has 0 bridgehead atoms. The van der Waals surface area contributed by atoms with Gasteiger partial charge < -0.3 is 20.4 Å². The summed E-state index contributed by atoms with van der Waals surface area (Å²) in [6, 6.07) is 24.1. The van der Waals surface area contributed by atoms with Gasteiger partial charge in [0.2, 0.25) is 0 Å². The molecule has 1 heterocycles. The predicted octanol–water partition coefficient (Wildman–Crippen LogP) is 4.02. The second-order valence-corrected chi connectivity index (χ2v) is 6.73. The number of fused-ring (bicyclic) bond motifs is 1. The number of guanidine groups is 1. The van der Waals surface area contributed by atoms with Crippen LogP contribution >= 0.6 is 0 Å². The van der Waals surface area contributed by atoms with Crippen molar-refractivity contribution in [1.82, 2.24) is 9.55 Å². The summed E-state index contributed by atoms with van der Waals surface area (Å²) in [6.07, 6.45) is 1.88. The highest BCUT2D eigenvalue weighted by Gasteiger charge is 2.03. The SMILES string of the molecule is COc1ccc(NC(N)=NCc2ccc(Cn3cnc4ccccc43)cc2)cc1. The van der Waals surface area contributed by atoms with Gasteiger partial charge in [-0.15, -0.1) is 0 Å². The minimum atomic E-state index is 0.379. The molecule has 0 amide bonds. The van der Waals surface area contributed by atoms with Crippen LogP contribution in [0, 0.1) is 0 Å². The first-order valence-electron chi connectivity index (χ1n) is 9.40. The monoisotopic (exact) mass is 385 g/mol. The van der Waals surface area contributed by atoms with Gasteiger partial charge in [0.1, 0.15) is 5.75 Å². The smallest absolute Gasteiger partial charge is 0.193 e. The average Bonchev–Trinajstić information content (AvgIpc) is 3.17. The van der Waals surface area contributed by atoms with Gasteiger partial charge in [-0.25, -0.2) is 9.98 Å². The third-order valence-corrected chi connectivity index (χ3v) is 4.70. The van der Waals surface area contributed by atoms with E-state index in [1.807, 2.05) is 48.8 Å². The molecule has 3 aromatic carbocycles. The lowest BCUT2D eigenvalue weighted by Gasteiger charge is -2.08. The van der Waals surface area contributed by atoms with E-state index in [2.05, 4.69) is 50.2 Å². The quantitative estimate of drug-likeness (QED) is 0.388. The van der Waals surface area contributed by atoms with Gasteiger partial charge in [0.15, 0.2) is 5.96 Å². The van der Waals surface area contributed by atoms with Gasteiger partial charge in [-0.05, 0) is 47.5 Å². The Kier molecular flexibility index (Phi) is 5.42. The fourth-order valence-corrected chi connectivity index (χ4v) is 3.12. The lowest BCUT2D eigenvalue weighted by atomic mass is 10.1. The molecular weight excluding hydrogens is 362 g/mol. The van der Waals surface area contributed by atoms with Gasteiger partial charge in [0.05, 0.1) is 31.0 Å². The summed E-state index contributed by atoms with van der Waals surface area (Å²) >= 11 is 0. The Bertz CT molecular complexity index is 1110. The van der Waals surface area contributed by atoms with Crippen molar-refractivity contribution in [1.29, 1.82) is 0 Å². The summed E-state index contributed by atoms with van der Waals surface area (Å²) in [6.45, 7) is 1.30. The number of ether oxygens (including phenoxy) is 1. The number of benzene rings is 3. The van der Waals surface area contributed by atoms with Crippen molar-refractivity contribution < 1.29 is 4.74 Å². The number of aliphatic imine (C=N–C) groups is 1. The van der Waals surface area contributed by atoms with Crippen molar-refractivity contribution >= 4 is 22.7 Å². The van der Waals surface area contributed by atoms with Crippen molar-refractivity contribution in [3.63, 3.8) is 0 Å². The molecule has 6 nitrogen and oxygen atoms in total. The Balaban J connectivity index is 1.36. The zero-order valence-electron chi connectivity index (χ0n) is 16.2. The standard InChI is InChI=1S/C23H23N5O/c1-29-20-12-10-19(11-13-20)27-23(24)25-14-17-6-8-18(9-7-17)15-28-16-26-21-4-2-3-5-22(21)28/h2-13,16H,14-15H2,1H3,(H3,24,25,27). The molecule has 0 fully saturated rings. The minimum absolute atomic E-state index is 0.379. The molecule has 1 aromatic heterocycles. The highest BCUT2D eigenvalue weighted by molar-refractivity contribution is 5.92. The van der Waals surface area contributed by atoms with Gasteiger partial charge in [-0.1, -0.05) is 36.4 Å². The maximum atomic E-state index is 5.99. The van der Waals surface area contributed by atoms with Crippen LogP contribution in [0.5, 0.6) is 5.75 Å². The van der Waals surface area contributed by atoms with Crippen LogP contribution in [-0.2, 0) is 13.1 Å². The molecule has 0 aliphatic rings. The van der Waals surface area contributed by atoms with E-state index in [9.17, 15) is 0 Å². The summed E-state index contributed by atoms with van der Waals surface area (Å²) in [7, 11) is 1.64. The molecule has 0 aliphatic heterocycles. The molecule has 0 aliphatic carbocycles. The fourth-order valence-electron chi connectivity index (χ4n) is 3.12. The maximum Gasteiger partial charge on any atom is 0.193 e. The molecule has 3 N–H and O–H groups in total. The lowest BCUT2D eigenvalue weighted by Crippen LogP contribution is -2.22. The molecule has 4 aromatic rings. The number of aromatic nitrogens is 2. The predicted molar refractivity (Wildman–Crippen MR) is 117 cm³/mol. The van der Waals surface area contributed by atoms with Gasteiger partial charge >= 0.3 is 0 Å². The number of methoxy groups -OCH3 is 1. The molecule has 0 saturated heterocycles. The molecule has 0 radical (unpaired) electrons. The number of nitrogens with zero attached hydrogens (tertiary/aromatic N) is 3. The van der Waals surface area contributed by atoms with Crippen LogP contribution in [0.25, 0.3) is 11.0 Å². The van der Waals surface area contributed by atoms with Crippen LogP contribution in [-0.4, -0.2) is 22.6 Å². The fraction of sp³-hybridized carbons (Fsp3) is 0.130. The Morgan fingerprint density at radius 2 is 1.72 bits per heavy atom. The normalized spacial score (nSPS) is 11.6. The molecular formula is C23H23N5O. The third kappa shape index (κ3) is 4.55. The first-order chi connectivity index (χ1) is 14.2. The molecule has 146 valence electrons. The van der Waals surface area contributed by atoms with E-state index in [4.69, 9.17) is 10.5 Å². The van der Waals surface area contributed by atoms with Crippen LogP contribution in [0.2, 0.25) is 0 Å². The summed E-state index contributed by atoms with van der Waals surface area (Å²) < 4.78 is 7.30. The van der Waals surface area contributed by atoms with Crippen LogP contribution in [0.4, 0.5) is 5.69 Å². The van der Waals surface area contributed by atoms with Gasteiger partial charge in [-0.3, -0.25) is 0 Å². The second kappa shape index (κ2) is 8.48. The van der Waals surface area contributed by atoms with Crippen molar-refractivity contribution in [2.45, 2.75) is 13.1 Å². The number of hydrogen-bond acceptors (Lipinski definition) is 3. The molecule has 0 unspecified atom stereocenters. The zero-order chi connectivity index (χ0) is 20.1. The minimum Gasteiger partial charge on any atom is -0.497 e. The lowest BCUT2D eigenvalue weighted by molar-refractivity contribution is 0.415. The van der Waals surface area contributed by atoms with Crippen LogP contribution in [0.3, 0.4) is 0 Å². The van der Waals surface area contributed by atoms with E-state index >= 15 is 0 Å². The molecule has 4 rings (SSSR count). The highest BCUT2D eigenvalue weighted by Crippen LogP contribution is 2.16. The first kappa shape index (κ1) is 18.6. The number of anilines is 1. The third-order valence-electron chi connectivity index (χ3n) is 4.70. The van der Waals surface area contributed by atoms with E-state index in [0.29, 0.717) is 12.5 Å². The van der Waals surface area contributed by atoms with Gasteiger partial charge in [0.25, 0.3) is 0 Å². The van der Waals surface area contributed by atoms with Crippen molar-refractivity contribution in [3.05, 3.63) is 90.3 Å². The maximum absolute atomic E-state index is 5.99. The molecule has 29 heavy (non-hydrogen) atoms. The molecule has 0 atom stereocenters. The second-order valence-electron chi connectivity index (χ2n) is 6.73. The van der Waals surface area contributed by atoms with Crippen molar-refractivity contribution in [3.8, 4) is 5.75 Å². The van der Waals surface area contributed by atoms with E-state index in [1.165, 1.54) is 5.56 Å². The number of rotatable bonds is 6. The van der Waals surface area contributed by atoms with Crippen LogP contribution in [0.15, 0.2) is 84.1 Å². The van der Waals surface area contributed by atoms with E-state index < -0.39 is 0 Å². The summed E-state index contributed by atoms with van der Waals surface area (Å²) in [5.41, 5.74) is 11.3. The van der Waals surface area contributed by atoms with Crippen LogP contribution in [0.1, 0.15) is 11.1 Å². The van der Waals surface area contributed by atoms with E-state index in [0.717, 1.165) is 34.6 Å². The molecule has 0 spiro atoms. The van der Waals surface area contributed by atoms with E-state index in [1.54, 1.807) is 7.11 Å². The number of nitrogens with one attached hydrogen (secondary N) is 1. The largest absolute Gasteiger partial charge is 0.497 e. The topological polar surface area (TPSA) is 77.5 Å². The van der Waals surface area contributed by atoms with Crippen molar-refractivity contribution in [2.75, 3.05) is 12.4 Å². The van der Waals surface area contributed by atoms with Crippen molar-refractivity contribution in [2.24, 2.45) is 10.7 Å². The Morgan fingerprint density at radius 3 is 2.48 bits per heavy atom. The average molecular weight is 385 g/mol. The summed E-state index contributed by atoms with van der Waals surface area (Å²) in [5, 5.41) is 3.08. The number of para-hydroxylation sites is 2. The Morgan fingerprint density at radius 1 is 1.00 bits per heavy atom. The molecule has 6 heteroatoms. The van der Waals surface area contributed by atoms with Gasteiger partial charge in [0, 0.05) is 12.2 Å². The number of nitrogens with two attached hydrogens (primary N) is 1. The molecule has 0 saturated carbocycles. The first-order valence-corrected chi connectivity index (χ1v) is 9.40. The summed E-state index contributed by atoms with van der Waals surface area (Å²) in [4.78, 5) is 8.86. The number of hydrogen-bond donors (Lipinski definition) is 2. The highest BCUT2D eigenvalue weighted by atomic mass is 16.5. The summed E-state index contributed by atoms with van der Waals surface area (Å²) in [5.74, 6) is 1.18. The van der Waals surface area contributed by atoms with Gasteiger partial charge in [-0.2, -0.15) is 0 Å².